The third-order valence-electron chi connectivity index (χ3n) is 2.77. The number of carbonyl (C=O) groups is 1. The lowest BCUT2D eigenvalue weighted by atomic mass is 10.0. The maximum Gasteiger partial charge on any atom is 0.193 e. The summed E-state index contributed by atoms with van der Waals surface area (Å²) in [5.41, 5.74) is 1.23. The number of rotatable bonds is 5. The largest absolute Gasteiger partial charge is 0.494 e. The predicted octanol–water partition coefficient (Wildman–Crippen LogP) is 5.12. The van der Waals surface area contributed by atoms with Crippen LogP contribution in [-0.4, -0.2) is 12.4 Å². The van der Waals surface area contributed by atoms with Gasteiger partial charge in [0.1, 0.15) is 5.75 Å². The molecular formula is C16H14BrClO2. The van der Waals surface area contributed by atoms with Crippen molar-refractivity contribution in [3.05, 3.63) is 63.1 Å². The third kappa shape index (κ3) is 3.62. The van der Waals surface area contributed by atoms with Crippen LogP contribution in [0.2, 0.25) is 5.02 Å². The van der Waals surface area contributed by atoms with E-state index >= 15 is 0 Å². The second kappa shape index (κ2) is 6.91. The van der Waals surface area contributed by atoms with Crippen LogP contribution >= 0.6 is 27.5 Å². The lowest BCUT2D eigenvalue weighted by molar-refractivity contribution is 0.103. The molecule has 104 valence electrons. The first-order chi connectivity index (χ1) is 9.61. The Bertz CT molecular complexity index is 608. The lowest BCUT2D eigenvalue weighted by Gasteiger charge is -2.06. The van der Waals surface area contributed by atoms with Gasteiger partial charge in [-0.3, -0.25) is 4.79 Å². The van der Waals surface area contributed by atoms with Gasteiger partial charge in [-0.15, -0.1) is 0 Å². The molecule has 2 nitrogen and oxygen atoms in total. The summed E-state index contributed by atoms with van der Waals surface area (Å²) in [6.45, 7) is 2.73. The van der Waals surface area contributed by atoms with Crippen LogP contribution in [0.1, 0.15) is 29.3 Å². The number of halogens is 2. The third-order valence-corrected chi connectivity index (χ3v) is 3.99. The van der Waals surface area contributed by atoms with Crippen molar-refractivity contribution in [2.24, 2.45) is 0 Å². The van der Waals surface area contributed by atoms with Gasteiger partial charge in [-0.25, -0.2) is 0 Å². The molecule has 0 atom stereocenters. The molecule has 0 heterocycles. The molecule has 20 heavy (non-hydrogen) atoms. The zero-order valence-electron chi connectivity index (χ0n) is 11.0. The first kappa shape index (κ1) is 15.1. The summed E-state index contributed by atoms with van der Waals surface area (Å²) >= 11 is 9.25. The molecule has 4 heteroatoms. The number of hydrogen-bond acceptors (Lipinski definition) is 2. The fourth-order valence-electron chi connectivity index (χ4n) is 1.73. The van der Waals surface area contributed by atoms with Crippen molar-refractivity contribution < 1.29 is 9.53 Å². The molecule has 0 spiro atoms. The van der Waals surface area contributed by atoms with Crippen LogP contribution in [0.5, 0.6) is 5.75 Å². The highest BCUT2D eigenvalue weighted by Crippen LogP contribution is 2.25. The van der Waals surface area contributed by atoms with Crippen LogP contribution in [-0.2, 0) is 0 Å². The highest BCUT2D eigenvalue weighted by atomic mass is 79.9. The zero-order chi connectivity index (χ0) is 14.5. The molecule has 0 aromatic heterocycles. The summed E-state index contributed by atoms with van der Waals surface area (Å²) in [6.07, 6.45) is 0.958. The Balaban J connectivity index is 2.18. The molecule has 0 amide bonds. The molecule has 0 radical (unpaired) electrons. The van der Waals surface area contributed by atoms with E-state index in [0.29, 0.717) is 27.2 Å². The number of benzene rings is 2. The van der Waals surface area contributed by atoms with Crippen molar-refractivity contribution in [2.45, 2.75) is 13.3 Å². The molecule has 0 saturated carbocycles. The van der Waals surface area contributed by atoms with E-state index < -0.39 is 0 Å². The molecule has 0 unspecified atom stereocenters. The van der Waals surface area contributed by atoms with E-state index in [4.69, 9.17) is 16.3 Å². The Morgan fingerprint density at radius 2 is 1.80 bits per heavy atom. The predicted molar refractivity (Wildman–Crippen MR) is 84.8 cm³/mol. The summed E-state index contributed by atoms with van der Waals surface area (Å²) in [7, 11) is 0. The summed E-state index contributed by atoms with van der Waals surface area (Å²) in [5, 5.41) is 0.588. The number of hydrogen-bond donors (Lipinski definition) is 0. The van der Waals surface area contributed by atoms with Crippen LogP contribution in [0, 0.1) is 0 Å². The summed E-state index contributed by atoms with van der Waals surface area (Å²) in [4.78, 5) is 12.3. The van der Waals surface area contributed by atoms with Crippen molar-refractivity contribution in [2.75, 3.05) is 6.61 Å². The molecule has 0 saturated heterocycles. The molecule has 0 bridgehead atoms. The average molecular weight is 354 g/mol. The maximum absolute atomic E-state index is 12.3. The average Bonchev–Trinajstić information content (AvgIpc) is 2.48. The molecule has 0 aliphatic carbocycles. The molecular weight excluding hydrogens is 340 g/mol. The fourth-order valence-corrected chi connectivity index (χ4v) is 2.22. The minimum Gasteiger partial charge on any atom is -0.494 e. The molecule has 0 fully saturated rings. The summed E-state index contributed by atoms with van der Waals surface area (Å²) < 4.78 is 6.21. The minimum atomic E-state index is -0.0376. The van der Waals surface area contributed by atoms with Gasteiger partial charge in [0.05, 0.1) is 11.6 Å². The van der Waals surface area contributed by atoms with E-state index in [1.807, 2.05) is 12.1 Å². The molecule has 0 N–H and O–H groups in total. The molecule has 2 rings (SSSR count). The van der Waals surface area contributed by atoms with E-state index in [0.717, 1.165) is 12.2 Å². The normalized spacial score (nSPS) is 10.3. The van der Waals surface area contributed by atoms with Crippen LogP contribution in [0.15, 0.2) is 46.9 Å². The van der Waals surface area contributed by atoms with Crippen LogP contribution < -0.4 is 4.74 Å². The van der Waals surface area contributed by atoms with Gasteiger partial charge in [-0.2, -0.15) is 0 Å². The fraction of sp³-hybridized carbons (Fsp3) is 0.188. The van der Waals surface area contributed by atoms with Gasteiger partial charge in [0, 0.05) is 15.6 Å². The van der Waals surface area contributed by atoms with Crippen molar-refractivity contribution in [1.82, 2.24) is 0 Å². The molecule has 0 aliphatic heterocycles. The lowest BCUT2D eigenvalue weighted by Crippen LogP contribution is -2.02. The van der Waals surface area contributed by atoms with Gasteiger partial charge >= 0.3 is 0 Å². The van der Waals surface area contributed by atoms with Gasteiger partial charge in [0.15, 0.2) is 5.78 Å². The highest BCUT2D eigenvalue weighted by molar-refractivity contribution is 9.10. The number of ketones is 1. The highest BCUT2D eigenvalue weighted by Gasteiger charge is 2.10. The second-order valence-corrected chi connectivity index (χ2v) is 5.59. The van der Waals surface area contributed by atoms with Gasteiger partial charge in [-0.05, 0) is 64.8 Å². The second-order valence-electron chi connectivity index (χ2n) is 4.33. The Labute approximate surface area is 131 Å². The van der Waals surface area contributed by atoms with Gasteiger partial charge in [0.2, 0.25) is 0 Å². The SMILES string of the molecule is CCCOc1ccc(C(=O)c2ccc(Cl)c(Br)c2)cc1. The number of carbonyl (C=O) groups excluding carboxylic acids is 1. The Morgan fingerprint density at radius 3 is 2.40 bits per heavy atom. The summed E-state index contributed by atoms with van der Waals surface area (Å²) in [6, 6.07) is 12.3. The number of ether oxygens (including phenoxy) is 1. The minimum absolute atomic E-state index is 0.0376. The maximum atomic E-state index is 12.3. The molecule has 0 aliphatic rings. The van der Waals surface area contributed by atoms with E-state index in [9.17, 15) is 4.79 Å². The van der Waals surface area contributed by atoms with Gasteiger partial charge in [-0.1, -0.05) is 18.5 Å². The van der Waals surface area contributed by atoms with E-state index in [2.05, 4.69) is 22.9 Å². The van der Waals surface area contributed by atoms with Crippen LogP contribution in [0.4, 0.5) is 0 Å². The first-order valence-corrected chi connectivity index (χ1v) is 7.51. The standard InChI is InChI=1S/C16H14BrClO2/c1-2-9-20-13-6-3-11(4-7-13)16(19)12-5-8-15(18)14(17)10-12/h3-8,10H,2,9H2,1H3. The molecule has 2 aromatic rings. The van der Waals surface area contributed by atoms with Crippen molar-refractivity contribution in [3.63, 3.8) is 0 Å². The Morgan fingerprint density at radius 1 is 1.15 bits per heavy atom. The zero-order valence-corrected chi connectivity index (χ0v) is 13.4. The topological polar surface area (TPSA) is 26.3 Å². The Kier molecular flexibility index (Phi) is 5.21. The molecule has 2 aromatic carbocycles. The quantitative estimate of drug-likeness (QED) is 0.697. The van der Waals surface area contributed by atoms with Gasteiger partial charge < -0.3 is 4.74 Å². The Hall–Kier alpha value is -1.32. The van der Waals surface area contributed by atoms with Crippen LogP contribution in [0.25, 0.3) is 0 Å². The van der Waals surface area contributed by atoms with E-state index in [1.54, 1.807) is 30.3 Å². The van der Waals surface area contributed by atoms with Crippen molar-refractivity contribution in [1.29, 1.82) is 0 Å². The van der Waals surface area contributed by atoms with Gasteiger partial charge in [0.25, 0.3) is 0 Å². The van der Waals surface area contributed by atoms with Crippen LogP contribution in [0.3, 0.4) is 0 Å². The van der Waals surface area contributed by atoms with E-state index in [1.165, 1.54) is 0 Å². The smallest absolute Gasteiger partial charge is 0.193 e. The van der Waals surface area contributed by atoms with E-state index in [-0.39, 0.29) is 5.78 Å². The summed E-state index contributed by atoms with van der Waals surface area (Å²) in [5.74, 6) is 0.741. The van der Waals surface area contributed by atoms with Crippen molar-refractivity contribution in [3.8, 4) is 5.75 Å². The van der Waals surface area contributed by atoms with Crippen molar-refractivity contribution >= 4 is 33.3 Å². The monoisotopic (exact) mass is 352 g/mol. The first-order valence-electron chi connectivity index (χ1n) is 6.34.